The van der Waals surface area contributed by atoms with E-state index in [9.17, 15) is 20.2 Å². The van der Waals surface area contributed by atoms with Crippen LogP contribution in [0.2, 0.25) is 0 Å². The Bertz CT molecular complexity index is 837. The Morgan fingerprint density at radius 1 is 1.00 bits per heavy atom. The molecule has 0 heterocycles. The molecule has 10 heteroatoms. The van der Waals surface area contributed by atoms with Gasteiger partial charge in [-0.2, -0.15) is 5.10 Å². The molecular weight excluding hydrogens is 332 g/mol. The maximum Gasteiger partial charge on any atom is 0.294 e. The van der Waals surface area contributed by atoms with Crippen LogP contribution in [0.15, 0.2) is 41.5 Å². The van der Waals surface area contributed by atoms with Gasteiger partial charge in [-0.25, -0.2) is 0 Å². The second-order valence-electron chi connectivity index (χ2n) is 4.67. The van der Waals surface area contributed by atoms with Gasteiger partial charge in [0.2, 0.25) is 0 Å². The third-order valence-corrected chi connectivity index (χ3v) is 3.22. The molecule has 0 bridgehead atoms. The molecule has 0 aromatic heterocycles. The highest BCUT2D eigenvalue weighted by molar-refractivity contribution is 5.87. The van der Waals surface area contributed by atoms with E-state index in [0.717, 1.165) is 0 Å². The van der Waals surface area contributed by atoms with Crippen LogP contribution >= 0.6 is 0 Å². The van der Waals surface area contributed by atoms with Crippen LogP contribution < -0.4 is 14.9 Å². The maximum absolute atomic E-state index is 11.2. The van der Waals surface area contributed by atoms with Crippen LogP contribution in [0.4, 0.5) is 17.1 Å². The lowest BCUT2D eigenvalue weighted by Crippen LogP contribution is -2.00. The molecule has 0 radical (unpaired) electrons. The quantitative estimate of drug-likeness (QED) is 0.463. The molecule has 0 aliphatic rings. The van der Waals surface area contributed by atoms with Gasteiger partial charge in [-0.05, 0) is 12.1 Å². The summed E-state index contributed by atoms with van der Waals surface area (Å²) in [5.74, 6) is 0.498. The first kappa shape index (κ1) is 17.7. The number of rotatable bonds is 7. The van der Waals surface area contributed by atoms with Crippen molar-refractivity contribution in [3.05, 3.63) is 62.2 Å². The molecule has 0 aliphatic carbocycles. The Morgan fingerprint density at radius 3 is 2.20 bits per heavy atom. The largest absolute Gasteiger partial charge is 0.493 e. The number of nitrogens with one attached hydrogen (secondary N) is 1. The number of nitro benzene ring substituents is 2. The second-order valence-corrected chi connectivity index (χ2v) is 4.67. The van der Waals surface area contributed by atoms with E-state index in [1.165, 1.54) is 50.8 Å². The predicted octanol–water partition coefficient (Wildman–Crippen LogP) is 2.97. The predicted molar refractivity (Wildman–Crippen MR) is 90.5 cm³/mol. The summed E-state index contributed by atoms with van der Waals surface area (Å²) in [5, 5.41) is 26.0. The molecule has 130 valence electrons. The van der Waals surface area contributed by atoms with Crippen LogP contribution in [0.5, 0.6) is 11.5 Å². The first-order valence-electron chi connectivity index (χ1n) is 6.90. The van der Waals surface area contributed by atoms with Crippen molar-refractivity contribution in [1.29, 1.82) is 0 Å². The molecule has 0 aliphatic heterocycles. The van der Waals surface area contributed by atoms with Crippen LogP contribution in [0.3, 0.4) is 0 Å². The van der Waals surface area contributed by atoms with Crippen molar-refractivity contribution >= 4 is 23.3 Å². The van der Waals surface area contributed by atoms with Crippen LogP contribution in [0.1, 0.15) is 5.56 Å². The molecule has 0 amide bonds. The lowest BCUT2D eigenvalue weighted by atomic mass is 10.1. The van der Waals surface area contributed by atoms with Crippen LogP contribution in [0.25, 0.3) is 0 Å². The Labute approximate surface area is 142 Å². The average Bonchev–Trinajstić information content (AvgIpc) is 2.61. The topological polar surface area (TPSA) is 129 Å². The number of methoxy groups -OCH3 is 2. The molecule has 2 rings (SSSR count). The number of nitrogens with zero attached hydrogens (tertiary/aromatic N) is 3. The number of para-hydroxylation sites is 2. The van der Waals surface area contributed by atoms with Gasteiger partial charge >= 0.3 is 0 Å². The minimum atomic E-state index is -0.589. The van der Waals surface area contributed by atoms with Gasteiger partial charge < -0.3 is 9.47 Å². The minimum Gasteiger partial charge on any atom is -0.493 e. The fourth-order valence-corrected chi connectivity index (χ4v) is 2.04. The summed E-state index contributed by atoms with van der Waals surface area (Å²) in [4.78, 5) is 21.0. The van der Waals surface area contributed by atoms with Gasteiger partial charge in [0.25, 0.3) is 11.4 Å². The van der Waals surface area contributed by atoms with Crippen molar-refractivity contribution in [1.82, 2.24) is 0 Å². The first-order valence-corrected chi connectivity index (χ1v) is 6.90. The van der Waals surface area contributed by atoms with E-state index in [2.05, 4.69) is 10.5 Å². The first-order chi connectivity index (χ1) is 12.0. The van der Waals surface area contributed by atoms with Crippen LogP contribution in [-0.2, 0) is 0 Å². The third kappa shape index (κ3) is 3.99. The standard InChI is InChI=1S/C15H14N4O6/c1-24-14-7-10(13(19(22)23)8-15(14)25-2)9-16-17-11-5-3-4-6-12(11)18(20)21/h3-9,17H,1-2H3/b16-9-. The molecule has 0 saturated heterocycles. The van der Waals surface area contributed by atoms with Crippen LogP contribution in [0, 0.1) is 20.2 Å². The van der Waals surface area contributed by atoms with E-state index < -0.39 is 9.85 Å². The van der Waals surface area contributed by atoms with E-state index in [4.69, 9.17) is 9.47 Å². The lowest BCUT2D eigenvalue weighted by molar-refractivity contribution is -0.385. The normalized spacial score (nSPS) is 10.5. The van der Waals surface area contributed by atoms with Gasteiger partial charge in [-0.1, -0.05) is 12.1 Å². The minimum absolute atomic E-state index is 0.147. The van der Waals surface area contributed by atoms with Crippen molar-refractivity contribution in [3.8, 4) is 11.5 Å². The zero-order chi connectivity index (χ0) is 18.4. The maximum atomic E-state index is 11.2. The summed E-state index contributed by atoms with van der Waals surface area (Å²) in [6.07, 6.45) is 1.18. The molecule has 0 atom stereocenters. The van der Waals surface area contributed by atoms with E-state index >= 15 is 0 Å². The van der Waals surface area contributed by atoms with Gasteiger partial charge in [-0.15, -0.1) is 0 Å². The Morgan fingerprint density at radius 2 is 1.60 bits per heavy atom. The summed E-state index contributed by atoms with van der Waals surface area (Å²) in [6, 6.07) is 8.51. The molecule has 25 heavy (non-hydrogen) atoms. The highest BCUT2D eigenvalue weighted by Crippen LogP contribution is 2.33. The molecular formula is C15H14N4O6. The van der Waals surface area contributed by atoms with Gasteiger partial charge in [-0.3, -0.25) is 25.7 Å². The molecule has 2 aromatic rings. The SMILES string of the molecule is COc1cc(/C=N\Nc2ccccc2[N+](=O)[O-])c([N+](=O)[O-])cc1OC. The Balaban J connectivity index is 2.35. The lowest BCUT2D eigenvalue weighted by Gasteiger charge is -2.08. The monoisotopic (exact) mass is 346 g/mol. The molecule has 10 nitrogen and oxygen atoms in total. The van der Waals surface area contributed by atoms with Crippen molar-refractivity contribution in [2.24, 2.45) is 5.10 Å². The summed E-state index contributed by atoms with van der Waals surface area (Å²) >= 11 is 0. The van der Waals surface area contributed by atoms with Crippen molar-refractivity contribution in [3.63, 3.8) is 0 Å². The highest BCUT2D eigenvalue weighted by atomic mass is 16.6. The van der Waals surface area contributed by atoms with Crippen LogP contribution in [-0.4, -0.2) is 30.3 Å². The number of ether oxygens (including phenoxy) is 2. The van der Waals surface area contributed by atoms with E-state index in [0.29, 0.717) is 5.75 Å². The van der Waals surface area contributed by atoms with Crippen molar-refractivity contribution in [2.45, 2.75) is 0 Å². The fraction of sp³-hybridized carbons (Fsp3) is 0.133. The zero-order valence-electron chi connectivity index (χ0n) is 13.3. The van der Waals surface area contributed by atoms with Gasteiger partial charge in [0.15, 0.2) is 11.5 Å². The molecule has 0 saturated carbocycles. The number of hydrazone groups is 1. The summed E-state index contributed by atoms with van der Waals surface area (Å²) in [5.41, 5.74) is 2.40. The van der Waals surface area contributed by atoms with Gasteiger partial charge in [0, 0.05) is 6.07 Å². The van der Waals surface area contributed by atoms with Gasteiger partial charge in [0.1, 0.15) is 5.69 Å². The zero-order valence-corrected chi connectivity index (χ0v) is 13.3. The van der Waals surface area contributed by atoms with E-state index in [1.54, 1.807) is 6.07 Å². The van der Waals surface area contributed by atoms with Gasteiger partial charge in [0.05, 0.1) is 41.9 Å². The van der Waals surface area contributed by atoms with E-state index in [1.807, 2.05) is 0 Å². The second kappa shape index (κ2) is 7.73. The number of hydrogen-bond acceptors (Lipinski definition) is 8. The fourth-order valence-electron chi connectivity index (χ4n) is 2.04. The molecule has 1 N–H and O–H groups in total. The Hall–Kier alpha value is -3.69. The van der Waals surface area contributed by atoms with Crippen molar-refractivity contribution in [2.75, 3.05) is 19.6 Å². The van der Waals surface area contributed by atoms with Crippen molar-refractivity contribution < 1.29 is 19.3 Å². The molecule has 2 aromatic carbocycles. The highest BCUT2D eigenvalue weighted by Gasteiger charge is 2.18. The average molecular weight is 346 g/mol. The number of nitro groups is 2. The summed E-state index contributed by atoms with van der Waals surface area (Å²) in [7, 11) is 2.77. The number of anilines is 1. The smallest absolute Gasteiger partial charge is 0.294 e. The molecule has 0 unspecified atom stereocenters. The molecule has 0 spiro atoms. The number of hydrogen-bond donors (Lipinski definition) is 1. The third-order valence-electron chi connectivity index (χ3n) is 3.22. The number of benzene rings is 2. The Kier molecular flexibility index (Phi) is 5.46. The molecule has 0 fully saturated rings. The summed E-state index contributed by atoms with van der Waals surface area (Å²) < 4.78 is 10.1. The van der Waals surface area contributed by atoms with E-state index in [-0.39, 0.29) is 28.4 Å². The summed E-state index contributed by atoms with van der Waals surface area (Å²) in [6.45, 7) is 0.